The topological polar surface area (TPSA) is 98.8 Å². The molecule has 0 bridgehead atoms. The lowest BCUT2D eigenvalue weighted by atomic mass is 9.76. The van der Waals surface area contributed by atoms with Crippen LogP contribution in [0.3, 0.4) is 0 Å². The van der Waals surface area contributed by atoms with Crippen molar-refractivity contribution >= 4 is 35.1 Å². The Kier molecular flexibility index (Phi) is 4.92. The molecule has 3 aliphatic rings. The molecular weight excluding hydrogens is 408 g/mol. The van der Waals surface area contributed by atoms with Crippen molar-refractivity contribution in [2.24, 2.45) is 0 Å². The van der Waals surface area contributed by atoms with Gasteiger partial charge in [0.15, 0.2) is 0 Å². The predicted octanol–water partition coefficient (Wildman–Crippen LogP) is 2.54. The zero-order chi connectivity index (χ0) is 22.3. The first-order valence-corrected chi connectivity index (χ1v) is 10.9. The number of hydrogen-bond donors (Lipinski definition) is 2. The molecule has 0 aromatic heterocycles. The third-order valence-electron chi connectivity index (χ3n) is 6.49. The number of nitrogens with one attached hydrogen (secondary N) is 2. The molecule has 2 fully saturated rings. The number of urea groups is 1. The number of benzene rings is 2. The fourth-order valence-electron chi connectivity index (χ4n) is 4.94. The molecular formula is C24H24N4O4. The Bertz CT molecular complexity index is 1110. The highest BCUT2D eigenvalue weighted by molar-refractivity contribution is 6.10. The van der Waals surface area contributed by atoms with Crippen LogP contribution in [0.5, 0.6) is 0 Å². The van der Waals surface area contributed by atoms with E-state index in [2.05, 4.69) is 10.6 Å². The van der Waals surface area contributed by atoms with Crippen LogP contribution in [0, 0.1) is 0 Å². The van der Waals surface area contributed by atoms with Crippen molar-refractivity contribution in [3.8, 4) is 0 Å². The number of nitrogens with zero attached hydrogens (tertiary/aromatic N) is 2. The molecule has 2 heterocycles. The van der Waals surface area contributed by atoms with Crippen molar-refractivity contribution in [1.82, 2.24) is 10.2 Å². The number of carbonyl (C=O) groups is 4. The van der Waals surface area contributed by atoms with Crippen LogP contribution >= 0.6 is 0 Å². The minimum Gasteiger partial charge on any atom is -0.325 e. The van der Waals surface area contributed by atoms with E-state index in [1.165, 1.54) is 0 Å². The smallest absolute Gasteiger partial charge is 0.325 e. The third kappa shape index (κ3) is 3.32. The lowest BCUT2D eigenvalue weighted by Crippen LogP contribution is -2.47. The molecule has 5 rings (SSSR count). The van der Waals surface area contributed by atoms with Gasteiger partial charge in [-0.2, -0.15) is 0 Å². The molecule has 2 aromatic carbocycles. The molecule has 2 aromatic rings. The lowest BCUT2D eigenvalue weighted by Gasteiger charge is -2.33. The molecule has 0 saturated carbocycles. The molecule has 0 unspecified atom stereocenters. The van der Waals surface area contributed by atoms with Crippen molar-refractivity contribution in [2.75, 3.05) is 23.3 Å². The Balaban J connectivity index is 1.28. The van der Waals surface area contributed by atoms with Gasteiger partial charge in [0.05, 0.1) is 0 Å². The fraction of sp³-hybridized carbons (Fsp3) is 0.333. The second kappa shape index (κ2) is 7.78. The normalized spacial score (nSPS) is 22.3. The van der Waals surface area contributed by atoms with E-state index in [-0.39, 0.29) is 18.4 Å². The first-order chi connectivity index (χ1) is 15.5. The van der Waals surface area contributed by atoms with Crippen LogP contribution in [0.25, 0.3) is 0 Å². The molecule has 5 amide bonds. The van der Waals surface area contributed by atoms with E-state index in [1.807, 2.05) is 24.3 Å². The number of aryl methyl sites for hydroxylation is 1. The number of carbonyl (C=O) groups excluding carboxylic acids is 4. The number of hydrogen-bond acceptors (Lipinski definition) is 4. The van der Waals surface area contributed by atoms with E-state index >= 15 is 0 Å². The standard InChI is InChI=1S/C24H24N4O4/c29-20(25-17-9-11-18(12-10-17)27-14-4-8-21(27)30)15-28-22(31)24(26-23(28)32)13-3-6-16-5-1-2-7-19(16)24/h1-2,5,7,9-12H,3-4,6,8,13-15H2,(H,25,29)(H,26,32)/t24-/m0/s1. The van der Waals surface area contributed by atoms with Gasteiger partial charge in [-0.3, -0.25) is 19.3 Å². The summed E-state index contributed by atoms with van der Waals surface area (Å²) in [6, 6.07) is 14.1. The van der Waals surface area contributed by atoms with Gasteiger partial charge in [0.25, 0.3) is 5.91 Å². The van der Waals surface area contributed by atoms with Crippen LogP contribution in [0.1, 0.15) is 36.8 Å². The lowest BCUT2D eigenvalue weighted by molar-refractivity contribution is -0.134. The number of imide groups is 1. The monoisotopic (exact) mass is 432 g/mol. The summed E-state index contributed by atoms with van der Waals surface area (Å²) >= 11 is 0. The summed E-state index contributed by atoms with van der Waals surface area (Å²) in [4.78, 5) is 53.2. The summed E-state index contributed by atoms with van der Waals surface area (Å²) in [5.41, 5.74) is 2.11. The Morgan fingerprint density at radius 3 is 2.53 bits per heavy atom. The van der Waals surface area contributed by atoms with E-state index < -0.39 is 17.5 Å². The van der Waals surface area contributed by atoms with Crippen molar-refractivity contribution < 1.29 is 19.2 Å². The molecule has 0 radical (unpaired) electrons. The quantitative estimate of drug-likeness (QED) is 0.726. The van der Waals surface area contributed by atoms with Crippen molar-refractivity contribution in [3.05, 3.63) is 59.7 Å². The van der Waals surface area contributed by atoms with E-state index in [9.17, 15) is 19.2 Å². The van der Waals surface area contributed by atoms with Gasteiger partial charge in [-0.05, 0) is 61.1 Å². The summed E-state index contributed by atoms with van der Waals surface area (Å²) < 4.78 is 0. The first kappa shape index (κ1) is 20.2. The summed E-state index contributed by atoms with van der Waals surface area (Å²) in [5.74, 6) is -0.745. The maximum Gasteiger partial charge on any atom is 0.325 e. The van der Waals surface area contributed by atoms with Crippen LogP contribution in [0.2, 0.25) is 0 Å². The van der Waals surface area contributed by atoms with Crippen molar-refractivity contribution in [1.29, 1.82) is 0 Å². The van der Waals surface area contributed by atoms with Gasteiger partial charge in [0.2, 0.25) is 11.8 Å². The van der Waals surface area contributed by atoms with E-state index in [1.54, 1.807) is 29.2 Å². The van der Waals surface area contributed by atoms with Crippen LogP contribution in [-0.4, -0.2) is 41.7 Å². The van der Waals surface area contributed by atoms with Gasteiger partial charge in [-0.1, -0.05) is 24.3 Å². The third-order valence-corrected chi connectivity index (χ3v) is 6.49. The summed E-state index contributed by atoms with van der Waals surface area (Å²) in [7, 11) is 0. The second-order valence-electron chi connectivity index (χ2n) is 8.48. The molecule has 1 atom stereocenters. The van der Waals surface area contributed by atoms with Gasteiger partial charge < -0.3 is 15.5 Å². The highest BCUT2D eigenvalue weighted by Crippen LogP contribution is 2.39. The van der Waals surface area contributed by atoms with Gasteiger partial charge in [0.1, 0.15) is 12.1 Å². The molecule has 2 N–H and O–H groups in total. The summed E-state index contributed by atoms with van der Waals surface area (Å²) in [6.45, 7) is 0.336. The maximum absolute atomic E-state index is 13.3. The van der Waals surface area contributed by atoms with Crippen LogP contribution in [-0.2, 0) is 26.3 Å². The largest absolute Gasteiger partial charge is 0.325 e. The first-order valence-electron chi connectivity index (χ1n) is 10.9. The van der Waals surface area contributed by atoms with Gasteiger partial charge in [-0.25, -0.2) is 4.79 Å². The zero-order valence-corrected chi connectivity index (χ0v) is 17.6. The SMILES string of the molecule is O=C(CN1C(=O)N[C@]2(CCCc3ccccc32)C1=O)Nc1ccc(N2CCCC2=O)cc1. The number of rotatable bonds is 4. The van der Waals surface area contributed by atoms with E-state index in [0.29, 0.717) is 25.1 Å². The molecule has 2 aliphatic heterocycles. The Hall–Kier alpha value is -3.68. The average Bonchev–Trinajstić information content (AvgIpc) is 3.32. The second-order valence-corrected chi connectivity index (χ2v) is 8.48. The minimum atomic E-state index is -1.09. The number of amides is 5. The van der Waals surface area contributed by atoms with Crippen molar-refractivity contribution in [2.45, 2.75) is 37.6 Å². The summed E-state index contributed by atoms with van der Waals surface area (Å²) in [6.07, 6.45) is 3.56. The molecule has 32 heavy (non-hydrogen) atoms. The predicted molar refractivity (Wildman–Crippen MR) is 118 cm³/mol. The van der Waals surface area contributed by atoms with Gasteiger partial charge in [0, 0.05) is 24.3 Å². The van der Waals surface area contributed by atoms with Crippen molar-refractivity contribution in [3.63, 3.8) is 0 Å². The molecule has 8 nitrogen and oxygen atoms in total. The van der Waals surface area contributed by atoms with Gasteiger partial charge in [-0.15, -0.1) is 0 Å². The Morgan fingerprint density at radius 1 is 1.00 bits per heavy atom. The molecule has 1 spiro atoms. The highest BCUT2D eigenvalue weighted by Gasteiger charge is 2.54. The molecule has 8 heteroatoms. The number of fused-ring (bicyclic) bond motifs is 2. The number of anilines is 2. The molecule has 164 valence electrons. The Morgan fingerprint density at radius 2 is 1.78 bits per heavy atom. The highest BCUT2D eigenvalue weighted by atomic mass is 16.2. The average molecular weight is 432 g/mol. The van der Waals surface area contributed by atoms with E-state index in [4.69, 9.17) is 0 Å². The van der Waals surface area contributed by atoms with E-state index in [0.717, 1.165) is 41.0 Å². The minimum absolute atomic E-state index is 0.0959. The fourth-order valence-corrected chi connectivity index (χ4v) is 4.94. The summed E-state index contributed by atoms with van der Waals surface area (Å²) in [5, 5.41) is 5.59. The Labute approximate surface area is 185 Å². The van der Waals surface area contributed by atoms with Crippen LogP contribution < -0.4 is 15.5 Å². The maximum atomic E-state index is 13.3. The molecule has 1 aliphatic carbocycles. The molecule has 2 saturated heterocycles. The zero-order valence-electron chi connectivity index (χ0n) is 17.6. The van der Waals surface area contributed by atoms with Crippen LogP contribution in [0.15, 0.2) is 48.5 Å². The van der Waals surface area contributed by atoms with Gasteiger partial charge >= 0.3 is 6.03 Å². The van der Waals surface area contributed by atoms with Crippen LogP contribution in [0.4, 0.5) is 16.2 Å².